The van der Waals surface area contributed by atoms with E-state index in [1.54, 1.807) is 16.6 Å². The van der Waals surface area contributed by atoms with Gasteiger partial charge in [0.2, 0.25) is 10.0 Å². The van der Waals surface area contributed by atoms with Gasteiger partial charge in [-0.3, -0.25) is 4.98 Å². The highest BCUT2D eigenvalue weighted by molar-refractivity contribution is 9.10. The lowest BCUT2D eigenvalue weighted by molar-refractivity contribution is 0.379. The Bertz CT molecular complexity index is 504. The zero-order valence-corrected chi connectivity index (χ0v) is 12.0. The first-order chi connectivity index (χ1) is 8.05. The molecule has 17 heavy (non-hydrogen) atoms. The molecule has 1 fully saturated rings. The fourth-order valence-corrected chi connectivity index (χ4v) is 4.48. The van der Waals surface area contributed by atoms with Gasteiger partial charge in [0.05, 0.1) is 0 Å². The molecule has 1 aliphatic rings. The molecule has 0 spiro atoms. The highest BCUT2D eigenvalue weighted by Crippen LogP contribution is 2.28. The highest BCUT2D eigenvalue weighted by Gasteiger charge is 2.34. The molecule has 2 rings (SSSR count). The van der Waals surface area contributed by atoms with E-state index in [4.69, 9.17) is 0 Å². The lowest BCUT2D eigenvalue weighted by Gasteiger charge is -2.22. The van der Waals surface area contributed by atoms with Crippen molar-refractivity contribution in [2.24, 2.45) is 0 Å². The SMILES string of the molecule is CC[C@H]1CCCN1S(=O)(=O)c1cncc(Br)c1. The lowest BCUT2D eigenvalue weighted by Crippen LogP contribution is -2.35. The Morgan fingerprint density at radius 2 is 2.29 bits per heavy atom. The molecule has 0 radical (unpaired) electrons. The Labute approximate surface area is 110 Å². The largest absolute Gasteiger partial charge is 0.262 e. The number of rotatable bonds is 3. The van der Waals surface area contributed by atoms with Crippen molar-refractivity contribution in [3.63, 3.8) is 0 Å². The van der Waals surface area contributed by atoms with Gasteiger partial charge in [-0.25, -0.2) is 8.42 Å². The van der Waals surface area contributed by atoms with E-state index in [0.29, 0.717) is 11.0 Å². The van der Waals surface area contributed by atoms with Crippen molar-refractivity contribution < 1.29 is 8.42 Å². The minimum Gasteiger partial charge on any atom is -0.262 e. The van der Waals surface area contributed by atoms with Gasteiger partial charge in [-0.05, 0) is 41.3 Å². The average molecular weight is 319 g/mol. The van der Waals surface area contributed by atoms with Gasteiger partial charge in [-0.1, -0.05) is 6.92 Å². The zero-order chi connectivity index (χ0) is 12.5. The fourth-order valence-electron chi connectivity index (χ4n) is 2.20. The van der Waals surface area contributed by atoms with Crippen LogP contribution in [-0.2, 0) is 10.0 Å². The van der Waals surface area contributed by atoms with Crippen molar-refractivity contribution in [2.45, 2.75) is 37.1 Å². The van der Waals surface area contributed by atoms with E-state index in [1.165, 1.54) is 6.20 Å². The third-order valence-electron chi connectivity index (χ3n) is 3.08. The average Bonchev–Trinajstić information content (AvgIpc) is 2.77. The molecule has 0 bridgehead atoms. The number of halogens is 1. The second-order valence-corrected chi connectivity index (χ2v) is 6.97. The topological polar surface area (TPSA) is 50.3 Å². The van der Waals surface area contributed by atoms with Crippen LogP contribution in [0.5, 0.6) is 0 Å². The second-order valence-electron chi connectivity index (χ2n) is 4.16. The molecule has 0 unspecified atom stereocenters. The molecular weight excluding hydrogens is 304 g/mol. The van der Waals surface area contributed by atoms with Crippen LogP contribution in [-0.4, -0.2) is 30.3 Å². The predicted octanol–water partition coefficient (Wildman–Crippen LogP) is 2.41. The maximum Gasteiger partial charge on any atom is 0.244 e. The van der Waals surface area contributed by atoms with Gasteiger partial charge in [0, 0.05) is 29.5 Å². The quantitative estimate of drug-likeness (QED) is 0.860. The van der Waals surface area contributed by atoms with Crippen molar-refractivity contribution in [2.75, 3.05) is 6.54 Å². The van der Waals surface area contributed by atoms with Gasteiger partial charge in [0.25, 0.3) is 0 Å². The first kappa shape index (κ1) is 13.0. The van der Waals surface area contributed by atoms with E-state index >= 15 is 0 Å². The third-order valence-corrected chi connectivity index (χ3v) is 5.43. The second kappa shape index (κ2) is 5.04. The number of hydrogen-bond donors (Lipinski definition) is 0. The number of pyridine rings is 1. The molecule has 0 N–H and O–H groups in total. The number of aromatic nitrogens is 1. The Morgan fingerprint density at radius 1 is 1.53 bits per heavy atom. The van der Waals surface area contributed by atoms with E-state index in [1.807, 2.05) is 6.92 Å². The summed E-state index contributed by atoms with van der Waals surface area (Å²) >= 11 is 3.25. The van der Waals surface area contributed by atoms with Crippen LogP contribution in [0, 0.1) is 0 Å². The monoisotopic (exact) mass is 318 g/mol. The molecule has 0 aromatic carbocycles. The van der Waals surface area contributed by atoms with Gasteiger partial charge < -0.3 is 0 Å². The molecular formula is C11H15BrN2O2S. The molecule has 1 saturated heterocycles. The van der Waals surface area contributed by atoms with Crippen LogP contribution in [0.1, 0.15) is 26.2 Å². The molecule has 4 nitrogen and oxygen atoms in total. The minimum atomic E-state index is -3.38. The van der Waals surface area contributed by atoms with Crippen LogP contribution < -0.4 is 0 Å². The van der Waals surface area contributed by atoms with E-state index in [-0.39, 0.29) is 10.9 Å². The molecule has 0 saturated carbocycles. The Morgan fingerprint density at radius 3 is 2.94 bits per heavy atom. The molecule has 1 aromatic rings. The summed E-state index contributed by atoms with van der Waals surface area (Å²) in [6.45, 7) is 2.64. The molecule has 6 heteroatoms. The summed E-state index contributed by atoms with van der Waals surface area (Å²) in [5.74, 6) is 0. The van der Waals surface area contributed by atoms with E-state index in [9.17, 15) is 8.42 Å². The summed E-state index contributed by atoms with van der Waals surface area (Å²) in [4.78, 5) is 4.19. The van der Waals surface area contributed by atoms with Crippen LogP contribution in [0.4, 0.5) is 0 Å². The standard InChI is InChI=1S/C11H15BrN2O2S/c1-2-10-4-3-5-14(10)17(15,16)11-6-9(12)7-13-8-11/h6-8,10H,2-5H2,1H3/t10-/m0/s1. The third kappa shape index (κ3) is 2.53. The molecule has 1 aliphatic heterocycles. The van der Waals surface area contributed by atoms with E-state index in [0.717, 1.165) is 19.3 Å². The molecule has 94 valence electrons. The molecule has 1 aromatic heterocycles. The van der Waals surface area contributed by atoms with Gasteiger partial charge >= 0.3 is 0 Å². The van der Waals surface area contributed by atoms with Crippen LogP contribution in [0.3, 0.4) is 0 Å². The normalized spacial score (nSPS) is 21.9. The fraction of sp³-hybridized carbons (Fsp3) is 0.545. The Balaban J connectivity index is 2.36. The van der Waals surface area contributed by atoms with Gasteiger partial charge in [-0.2, -0.15) is 4.31 Å². The number of sulfonamides is 1. The summed E-state index contributed by atoms with van der Waals surface area (Å²) in [5.41, 5.74) is 0. The molecule has 2 heterocycles. The van der Waals surface area contributed by atoms with Crippen LogP contribution in [0.15, 0.2) is 27.8 Å². The summed E-state index contributed by atoms with van der Waals surface area (Å²) in [6.07, 6.45) is 5.75. The smallest absolute Gasteiger partial charge is 0.244 e. The number of hydrogen-bond acceptors (Lipinski definition) is 3. The maximum absolute atomic E-state index is 12.4. The van der Waals surface area contributed by atoms with Crippen molar-refractivity contribution >= 4 is 26.0 Å². The zero-order valence-electron chi connectivity index (χ0n) is 9.63. The summed E-state index contributed by atoms with van der Waals surface area (Å²) in [6, 6.07) is 1.74. The van der Waals surface area contributed by atoms with Gasteiger partial charge in [0.1, 0.15) is 4.90 Å². The minimum absolute atomic E-state index is 0.138. The van der Waals surface area contributed by atoms with Gasteiger partial charge in [0.15, 0.2) is 0 Å². The van der Waals surface area contributed by atoms with Gasteiger partial charge in [-0.15, -0.1) is 0 Å². The molecule has 0 amide bonds. The highest BCUT2D eigenvalue weighted by atomic mass is 79.9. The summed E-state index contributed by atoms with van der Waals surface area (Å²) < 4.78 is 27.1. The Hall–Kier alpha value is -0.460. The Kier molecular flexibility index (Phi) is 3.85. The summed E-state index contributed by atoms with van der Waals surface area (Å²) in [5, 5.41) is 0. The van der Waals surface area contributed by atoms with Crippen LogP contribution in [0.2, 0.25) is 0 Å². The lowest BCUT2D eigenvalue weighted by atomic mass is 10.2. The van der Waals surface area contributed by atoms with Crippen LogP contribution >= 0.6 is 15.9 Å². The van der Waals surface area contributed by atoms with Crippen molar-refractivity contribution in [3.05, 3.63) is 22.9 Å². The first-order valence-electron chi connectivity index (χ1n) is 5.68. The van der Waals surface area contributed by atoms with E-state index < -0.39 is 10.0 Å². The maximum atomic E-state index is 12.4. The van der Waals surface area contributed by atoms with E-state index in [2.05, 4.69) is 20.9 Å². The molecule has 1 atom stereocenters. The van der Waals surface area contributed by atoms with Crippen LogP contribution in [0.25, 0.3) is 0 Å². The van der Waals surface area contributed by atoms with Crippen molar-refractivity contribution in [1.82, 2.24) is 9.29 Å². The first-order valence-corrected chi connectivity index (χ1v) is 7.91. The molecule has 0 aliphatic carbocycles. The predicted molar refractivity (Wildman–Crippen MR) is 69.1 cm³/mol. The van der Waals surface area contributed by atoms with Crippen molar-refractivity contribution in [1.29, 1.82) is 0 Å². The number of nitrogens with zero attached hydrogens (tertiary/aromatic N) is 2. The van der Waals surface area contributed by atoms with Crippen molar-refractivity contribution in [3.8, 4) is 0 Å². The summed E-state index contributed by atoms with van der Waals surface area (Å²) in [7, 11) is -3.38.